The minimum absolute atomic E-state index is 0.00719. The monoisotopic (exact) mass is 388 g/mol. The third-order valence-corrected chi connectivity index (χ3v) is 5.20. The quantitative estimate of drug-likeness (QED) is 0.647. The molecular formula is C23H24N4O2. The van der Waals surface area contributed by atoms with Gasteiger partial charge in [-0.3, -0.25) is 19.5 Å². The number of benzene rings is 1. The number of amides is 1. The van der Waals surface area contributed by atoms with Gasteiger partial charge in [0, 0.05) is 50.8 Å². The molecule has 29 heavy (non-hydrogen) atoms. The molecule has 6 nitrogen and oxygen atoms in total. The van der Waals surface area contributed by atoms with Crippen LogP contribution in [0.1, 0.15) is 30.5 Å². The van der Waals surface area contributed by atoms with Crippen LogP contribution in [-0.2, 0) is 22.6 Å². The van der Waals surface area contributed by atoms with Crippen molar-refractivity contribution in [2.75, 3.05) is 11.4 Å². The predicted molar refractivity (Wildman–Crippen MR) is 112 cm³/mol. The number of hydrogen-bond donors (Lipinski definition) is 0. The third-order valence-electron chi connectivity index (χ3n) is 5.20. The van der Waals surface area contributed by atoms with Crippen LogP contribution < -0.4 is 4.90 Å². The number of rotatable bonds is 6. The van der Waals surface area contributed by atoms with Gasteiger partial charge in [-0.15, -0.1) is 0 Å². The van der Waals surface area contributed by atoms with E-state index in [0.29, 0.717) is 13.0 Å². The number of Topliss-reactive ketones (excluding diaryl/α,β-unsaturated/α-hetero) is 1. The molecule has 0 bridgehead atoms. The number of aromatic nitrogens is 3. The number of carbonyl (C=O) groups is 2. The lowest BCUT2D eigenvalue weighted by molar-refractivity contribution is -0.123. The topological polar surface area (TPSA) is 68.1 Å². The van der Waals surface area contributed by atoms with E-state index >= 15 is 0 Å². The van der Waals surface area contributed by atoms with Gasteiger partial charge < -0.3 is 0 Å². The van der Waals surface area contributed by atoms with Crippen molar-refractivity contribution in [3.05, 3.63) is 66.1 Å². The molecule has 1 aliphatic rings. The van der Waals surface area contributed by atoms with Crippen LogP contribution in [0, 0.1) is 6.92 Å². The smallest absolute Gasteiger partial charge is 0.228 e. The lowest BCUT2D eigenvalue weighted by Gasteiger charge is -2.27. The summed E-state index contributed by atoms with van der Waals surface area (Å²) in [6.45, 7) is 3.45. The van der Waals surface area contributed by atoms with E-state index in [0.717, 1.165) is 41.2 Å². The van der Waals surface area contributed by atoms with Crippen LogP contribution in [0.3, 0.4) is 0 Å². The first-order valence-electron chi connectivity index (χ1n) is 9.96. The molecule has 0 saturated carbocycles. The lowest BCUT2D eigenvalue weighted by Crippen LogP contribution is -2.37. The van der Waals surface area contributed by atoms with E-state index in [9.17, 15) is 9.59 Å². The summed E-state index contributed by atoms with van der Waals surface area (Å²) in [6, 6.07) is 13.8. The fourth-order valence-electron chi connectivity index (χ4n) is 3.72. The highest BCUT2D eigenvalue weighted by Gasteiger charge is 2.24. The van der Waals surface area contributed by atoms with E-state index < -0.39 is 0 Å². The zero-order valence-corrected chi connectivity index (χ0v) is 16.5. The number of nitrogens with zero attached hydrogens (tertiary/aromatic N) is 4. The van der Waals surface area contributed by atoms with E-state index in [2.05, 4.69) is 10.1 Å². The van der Waals surface area contributed by atoms with Crippen molar-refractivity contribution in [2.45, 2.75) is 39.2 Å². The molecule has 1 aromatic carbocycles. The second kappa shape index (κ2) is 8.39. The Bertz CT molecular complexity index is 1010. The predicted octanol–water partition coefficient (Wildman–Crippen LogP) is 3.58. The number of fused-ring (bicyclic) bond motifs is 1. The maximum Gasteiger partial charge on any atom is 0.228 e. The summed E-state index contributed by atoms with van der Waals surface area (Å²) in [6.07, 6.45) is 5.26. The Labute approximate surface area is 170 Å². The first-order chi connectivity index (χ1) is 14.1. The van der Waals surface area contributed by atoms with Crippen LogP contribution in [-0.4, -0.2) is 33.0 Å². The van der Waals surface area contributed by atoms with Crippen molar-refractivity contribution in [1.82, 2.24) is 14.8 Å². The first-order valence-corrected chi connectivity index (χ1v) is 9.96. The van der Waals surface area contributed by atoms with Gasteiger partial charge in [-0.1, -0.05) is 24.3 Å². The average molecular weight is 388 g/mol. The van der Waals surface area contributed by atoms with Gasteiger partial charge in [-0.2, -0.15) is 5.10 Å². The van der Waals surface area contributed by atoms with Crippen LogP contribution in [0.25, 0.3) is 11.1 Å². The standard InChI is InChI=1S/C23H24N4O2/c1-17-15-22-26(13-2-14-27(22)25-17)23(29)8-7-21(28)16-18-3-5-19(6-4-18)20-9-11-24-12-10-20/h3-6,9-12,15H,2,7-8,13-14,16H2,1H3. The second-order valence-electron chi connectivity index (χ2n) is 7.41. The highest BCUT2D eigenvalue weighted by atomic mass is 16.2. The largest absolute Gasteiger partial charge is 0.299 e. The highest BCUT2D eigenvalue weighted by Crippen LogP contribution is 2.23. The Morgan fingerprint density at radius 3 is 2.45 bits per heavy atom. The molecule has 148 valence electrons. The normalized spacial score (nSPS) is 13.2. The Morgan fingerprint density at radius 2 is 1.69 bits per heavy atom. The van der Waals surface area contributed by atoms with Crippen molar-refractivity contribution in [2.24, 2.45) is 0 Å². The summed E-state index contributed by atoms with van der Waals surface area (Å²) in [5.74, 6) is 0.918. The lowest BCUT2D eigenvalue weighted by atomic mass is 10.0. The van der Waals surface area contributed by atoms with Gasteiger partial charge in [0.15, 0.2) is 0 Å². The second-order valence-corrected chi connectivity index (χ2v) is 7.41. The fraction of sp³-hybridized carbons (Fsp3) is 0.304. The molecular weight excluding hydrogens is 364 g/mol. The van der Waals surface area contributed by atoms with Crippen molar-refractivity contribution in [3.8, 4) is 11.1 Å². The van der Waals surface area contributed by atoms with Crippen molar-refractivity contribution in [3.63, 3.8) is 0 Å². The van der Waals surface area contributed by atoms with Gasteiger partial charge in [-0.25, -0.2) is 4.68 Å². The number of carbonyl (C=O) groups excluding carboxylic acids is 2. The Kier molecular flexibility index (Phi) is 5.51. The third kappa shape index (κ3) is 4.42. The van der Waals surface area contributed by atoms with E-state index in [1.807, 2.05) is 54.1 Å². The van der Waals surface area contributed by atoms with Crippen molar-refractivity contribution >= 4 is 17.5 Å². The molecule has 0 aliphatic carbocycles. The van der Waals surface area contributed by atoms with E-state index in [1.165, 1.54) is 0 Å². The molecule has 4 rings (SSSR count). The van der Waals surface area contributed by atoms with E-state index in [-0.39, 0.29) is 24.5 Å². The Morgan fingerprint density at radius 1 is 0.966 bits per heavy atom. The summed E-state index contributed by atoms with van der Waals surface area (Å²) in [7, 11) is 0. The molecule has 0 saturated heterocycles. The number of aryl methyl sites for hydroxylation is 2. The fourth-order valence-corrected chi connectivity index (χ4v) is 3.72. The van der Waals surface area contributed by atoms with Gasteiger partial charge in [0.1, 0.15) is 11.6 Å². The SMILES string of the molecule is Cc1cc2n(n1)CCCN2C(=O)CCC(=O)Cc1ccc(-c2ccncc2)cc1. The number of ketones is 1. The molecule has 3 aromatic rings. The van der Waals surface area contributed by atoms with Crippen molar-refractivity contribution in [1.29, 1.82) is 0 Å². The molecule has 6 heteroatoms. The van der Waals surface area contributed by atoms with Gasteiger partial charge in [0.25, 0.3) is 0 Å². The van der Waals surface area contributed by atoms with Crippen LogP contribution in [0.5, 0.6) is 0 Å². The van der Waals surface area contributed by atoms with Crippen molar-refractivity contribution < 1.29 is 9.59 Å². The number of pyridine rings is 1. The molecule has 1 aliphatic heterocycles. The molecule has 2 aromatic heterocycles. The van der Waals surface area contributed by atoms with Crippen LogP contribution >= 0.6 is 0 Å². The molecule has 0 unspecified atom stereocenters. The molecule has 0 spiro atoms. The van der Waals surface area contributed by atoms with Crippen LogP contribution in [0.2, 0.25) is 0 Å². The van der Waals surface area contributed by atoms with Gasteiger partial charge in [0.2, 0.25) is 5.91 Å². The summed E-state index contributed by atoms with van der Waals surface area (Å²) in [5.41, 5.74) is 4.06. The first kappa shape index (κ1) is 19.1. The zero-order chi connectivity index (χ0) is 20.2. The highest BCUT2D eigenvalue weighted by molar-refractivity contribution is 5.95. The maximum absolute atomic E-state index is 12.7. The molecule has 1 amide bonds. The minimum Gasteiger partial charge on any atom is -0.299 e. The summed E-state index contributed by atoms with van der Waals surface area (Å²) >= 11 is 0. The average Bonchev–Trinajstić information content (AvgIpc) is 3.13. The van der Waals surface area contributed by atoms with E-state index in [1.54, 1.807) is 17.3 Å². The summed E-state index contributed by atoms with van der Waals surface area (Å²) in [4.78, 5) is 30.9. The van der Waals surface area contributed by atoms with E-state index in [4.69, 9.17) is 0 Å². The molecule has 0 fully saturated rings. The van der Waals surface area contributed by atoms with Gasteiger partial charge in [0.05, 0.1) is 5.69 Å². The Balaban J connectivity index is 1.32. The maximum atomic E-state index is 12.7. The molecule has 3 heterocycles. The summed E-state index contributed by atoms with van der Waals surface area (Å²) in [5, 5.41) is 4.42. The van der Waals surface area contributed by atoms with Gasteiger partial charge >= 0.3 is 0 Å². The molecule has 0 atom stereocenters. The van der Waals surface area contributed by atoms with Crippen LogP contribution in [0.4, 0.5) is 5.82 Å². The Hall–Kier alpha value is -3.28. The summed E-state index contributed by atoms with van der Waals surface area (Å²) < 4.78 is 1.88. The zero-order valence-electron chi connectivity index (χ0n) is 16.5. The minimum atomic E-state index is -0.00719. The number of hydrogen-bond acceptors (Lipinski definition) is 4. The molecule has 0 N–H and O–H groups in total. The van der Waals surface area contributed by atoms with Gasteiger partial charge in [-0.05, 0) is 42.2 Å². The molecule has 0 radical (unpaired) electrons. The van der Waals surface area contributed by atoms with Crippen LogP contribution in [0.15, 0.2) is 54.9 Å². The number of anilines is 1.